The summed E-state index contributed by atoms with van der Waals surface area (Å²) in [7, 11) is 0. The van der Waals surface area contributed by atoms with Crippen molar-refractivity contribution in [2.45, 2.75) is 25.0 Å². The number of carbonyl (C=O) groups excluding carboxylic acids is 1. The zero-order valence-corrected chi connectivity index (χ0v) is 13.4. The number of anilines is 1. The van der Waals surface area contributed by atoms with Crippen LogP contribution in [-0.4, -0.2) is 72.1 Å². The number of benzene rings is 1. The fraction of sp³-hybridized carbons (Fsp3) is 0.588. The maximum absolute atomic E-state index is 12.9. The summed E-state index contributed by atoms with van der Waals surface area (Å²) in [4.78, 5) is 16.7. The van der Waals surface area contributed by atoms with Crippen molar-refractivity contribution in [1.82, 2.24) is 4.90 Å². The average molecular weight is 320 g/mol. The van der Waals surface area contributed by atoms with Crippen LogP contribution in [0.15, 0.2) is 24.3 Å². The molecule has 2 heterocycles. The minimum Gasteiger partial charge on any atom is -0.388 e. The van der Waals surface area contributed by atoms with Crippen LogP contribution < -0.4 is 4.90 Å². The molecule has 1 amide bonds. The van der Waals surface area contributed by atoms with E-state index in [0.717, 1.165) is 18.8 Å². The first-order chi connectivity index (χ1) is 11.0. The van der Waals surface area contributed by atoms with Crippen LogP contribution in [0.5, 0.6) is 0 Å². The quantitative estimate of drug-likeness (QED) is 0.829. The number of piperidine rings is 1. The Morgan fingerprint density at radius 2 is 1.96 bits per heavy atom. The van der Waals surface area contributed by atoms with Crippen LogP contribution in [0.4, 0.5) is 5.69 Å². The van der Waals surface area contributed by atoms with Gasteiger partial charge in [0.05, 0.1) is 30.5 Å². The van der Waals surface area contributed by atoms with Gasteiger partial charge in [0.1, 0.15) is 0 Å². The Hall–Kier alpha value is -1.63. The van der Waals surface area contributed by atoms with Gasteiger partial charge in [0.15, 0.2) is 0 Å². The van der Waals surface area contributed by atoms with Crippen molar-refractivity contribution in [3.05, 3.63) is 29.8 Å². The second kappa shape index (κ2) is 6.47. The lowest BCUT2D eigenvalue weighted by Gasteiger charge is -2.40. The molecule has 1 aromatic rings. The highest BCUT2D eigenvalue weighted by atomic mass is 16.5. The lowest BCUT2D eigenvalue weighted by molar-refractivity contribution is -0.0999. The Morgan fingerprint density at radius 3 is 2.65 bits per heavy atom. The second-order valence-electron chi connectivity index (χ2n) is 6.49. The molecule has 2 N–H and O–H groups in total. The van der Waals surface area contributed by atoms with E-state index >= 15 is 0 Å². The predicted molar refractivity (Wildman–Crippen MR) is 86.6 cm³/mol. The molecule has 2 fully saturated rings. The molecular weight excluding hydrogens is 296 g/mol. The van der Waals surface area contributed by atoms with Crippen molar-refractivity contribution in [2.24, 2.45) is 0 Å². The van der Waals surface area contributed by atoms with Crippen molar-refractivity contribution in [3.63, 3.8) is 0 Å². The zero-order chi connectivity index (χ0) is 16.4. The van der Waals surface area contributed by atoms with Gasteiger partial charge in [0.25, 0.3) is 5.91 Å². The smallest absolute Gasteiger partial charge is 0.256 e. The minimum absolute atomic E-state index is 0.0957. The number of β-amino-alcohol motifs (C(OH)–C–C–N with tert-alkyl or cyclic N) is 1. The van der Waals surface area contributed by atoms with Gasteiger partial charge in [-0.05, 0) is 25.5 Å². The van der Waals surface area contributed by atoms with E-state index in [0.29, 0.717) is 31.7 Å². The maximum Gasteiger partial charge on any atom is 0.256 e. The monoisotopic (exact) mass is 320 g/mol. The molecule has 0 aromatic heterocycles. The van der Waals surface area contributed by atoms with E-state index in [1.165, 1.54) is 0 Å². The molecule has 0 bridgehead atoms. The van der Waals surface area contributed by atoms with Gasteiger partial charge in [0, 0.05) is 31.9 Å². The second-order valence-corrected chi connectivity index (χ2v) is 6.49. The molecule has 2 aliphatic rings. The van der Waals surface area contributed by atoms with Crippen LogP contribution in [0, 0.1) is 0 Å². The molecule has 0 spiro atoms. The third-order valence-electron chi connectivity index (χ3n) is 4.77. The van der Waals surface area contributed by atoms with Crippen molar-refractivity contribution in [2.75, 3.05) is 44.3 Å². The Bertz CT molecular complexity index is 569. The standard InChI is InChI=1S/C17H24N2O4/c1-17(22)6-7-19(12-15(17)20)16(21)13-4-2-3-5-14(13)18-8-10-23-11-9-18/h2-5,15,20,22H,6-12H2,1H3/t15-,17-/m1/s1. The Morgan fingerprint density at radius 1 is 1.26 bits per heavy atom. The lowest BCUT2D eigenvalue weighted by atomic mass is 9.90. The van der Waals surface area contributed by atoms with Crippen LogP contribution in [0.2, 0.25) is 0 Å². The number of nitrogens with zero attached hydrogens (tertiary/aromatic N) is 2. The van der Waals surface area contributed by atoms with Gasteiger partial charge in [0.2, 0.25) is 0 Å². The van der Waals surface area contributed by atoms with Gasteiger partial charge in [-0.3, -0.25) is 4.79 Å². The highest BCUT2D eigenvalue weighted by Crippen LogP contribution is 2.27. The van der Waals surface area contributed by atoms with Crippen LogP contribution in [0.1, 0.15) is 23.7 Å². The summed E-state index contributed by atoms with van der Waals surface area (Å²) in [6, 6.07) is 7.56. The Labute approximate surface area is 136 Å². The van der Waals surface area contributed by atoms with E-state index in [1.54, 1.807) is 11.8 Å². The highest BCUT2D eigenvalue weighted by molar-refractivity contribution is 6.00. The van der Waals surface area contributed by atoms with Gasteiger partial charge < -0.3 is 24.7 Å². The number of carbonyl (C=O) groups is 1. The summed E-state index contributed by atoms with van der Waals surface area (Å²) in [5, 5.41) is 20.1. The molecule has 2 aliphatic heterocycles. The normalized spacial score (nSPS) is 28.7. The summed E-state index contributed by atoms with van der Waals surface area (Å²) in [5.74, 6) is -0.0957. The molecule has 2 atom stereocenters. The van der Waals surface area contributed by atoms with Gasteiger partial charge in [-0.2, -0.15) is 0 Å². The summed E-state index contributed by atoms with van der Waals surface area (Å²) >= 11 is 0. The number of aliphatic hydroxyl groups is 2. The number of ether oxygens (including phenoxy) is 1. The van der Waals surface area contributed by atoms with Crippen LogP contribution in [-0.2, 0) is 4.74 Å². The predicted octanol–water partition coefficient (Wildman–Crippen LogP) is 0.481. The van der Waals surface area contributed by atoms with Crippen molar-refractivity contribution in [1.29, 1.82) is 0 Å². The largest absolute Gasteiger partial charge is 0.388 e. The van der Waals surface area contributed by atoms with Crippen LogP contribution in [0.25, 0.3) is 0 Å². The minimum atomic E-state index is -1.12. The van der Waals surface area contributed by atoms with Crippen molar-refractivity contribution >= 4 is 11.6 Å². The van der Waals surface area contributed by atoms with E-state index in [4.69, 9.17) is 4.74 Å². The molecule has 2 saturated heterocycles. The average Bonchev–Trinajstić information content (AvgIpc) is 2.57. The first-order valence-corrected chi connectivity index (χ1v) is 8.10. The van der Waals surface area contributed by atoms with Gasteiger partial charge in [-0.25, -0.2) is 0 Å². The molecule has 0 unspecified atom stereocenters. The first-order valence-electron chi connectivity index (χ1n) is 8.10. The van der Waals surface area contributed by atoms with Crippen LogP contribution >= 0.6 is 0 Å². The fourth-order valence-electron chi connectivity index (χ4n) is 3.11. The summed E-state index contributed by atoms with van der Waals surface area (Å²) in [6.45, 7) is 5.07. The third-order valence-corrected chi connectivity index (χ3v) is 4.77. The molecular formula is C17H24N2O4. The number of para-hydroxylation sites is 1. The van der Waals surface area contributed by atoms with E-state index in [1.807, 2.05) is 24.3 Å². The van der Waals surface area contributed by atoms with E-state index < -0.39 is 11.7 Å². The van der Waals surface area contributed by atoms with Gasteiger partial charge in [-0.1, -0.05) is 12.1 Å². The van der Waals surface area contributed by atoms with E-state index in [-0.39, 0.29) is 12.5 Å². The topological polar surface area (TPSA) is 73.2 Å². The number of morpholine rings is 1. The fourth-order valence-corrected chi connectivity index (χ4v) is 3.11. The number of hydrogen-bond donors (Lipinski definition) is 2. The molecule has 1 aromatic carbocycles. The molecule has 0 radical (unpaired) electrons. The molecule has 0 saturated carbocycles. The molecule has 23 heavy (non-hydrogen) atoms. The van der Waals surface area contributed by atoms with Crippen molar-refractivity contribution in [3.8, 4) is 0 Å². The molecule has 3 rings (SSSR count). The number of likely N-dealkylation sites (tertiary alicyclic amines) is 1. The number of hydrogen-bond acceptors (Lipinski definition) is 5. The first kappa shape index (κ1) is 16.2. The molecule has 0 aliphatic carbocycles. The summed E-state index contributed by atoms with van der Waals surface area (Å²) in [5.41, 5.74) is 0.427. The third kappa shape index (κ3) is 3.34. The number of rotatable bonds is 2. The molecule has 126 valence electrons. The summed E-state index contributed by atoms with van der Waals surface area (Å²) < 4.78 is 5.38. The van der Waals surface area contributed by atoms with Gasteiger partial charge in [-0.15, -0.1) is 0 Å². The van der Waals surface area contributed by atoms with Crippen LogP contribution in [0.3, 0.4) is 0 Å². The zero-order valence-electron chi connectivity index (χ0n) is 13.4. The Kier molecular flexibility index (Phi) is 4.57. The maximum atomic E-state index is 12.9. The molecule has 6 nitrogen and oxygen atoms in total. The van der Waals surface area contributed by atoms with E-state index in [2.05, 4.69) is 4.90 Å². The Balaban J connectivity index is 1.80. The van der Waals surface area contributed by atoms with Gasteiger partial charge >= 0.3 is 0 Å². The summed E-state index contributed by atoms with van der Waals surface area (Å²) in [6.07, 6.45) is -0.546. The van der Waals surface area contributed by atoms with Crippen molar-refractivity contribution < 1.29 is 19.7 Å². The molecule has 6 heteroatoms. The highest BCUT2D eigenvalue weighted by Gasteiger charge is 2.38. The SMILES string of the molecule is C[C@@]1(O)CCN(C(=O)c2ccccc2N2CCOCC2)C[C@H]1O. The lowest BCUT2D eigenvalue weighted by Crippen LogP contribution is -2.55. The number of amides is 1. The number of aliphatic hydroxyl groups excluding tert-OH is 1. The van der Waals surface area contributed by atoms with E-state index in [9.17, 15) is 15.0 Å².